The number of rotatable bonds is 8. The number of benzene rings is 1. The standard InChI is InChI=1S/C17H28O3Si/c1-8-16-9-11-17(12-10-16)21(18-13(2)3,19-14(4)5)20-15(6)7/h8-15H,1H2,2-7H3/i9D. The van der Waals surface area contributed by atoms with Crippen molar-refractivity contribution in [2.24, 2.45) is 0 Å². The molecule has 0 spiro atoms. The van der Waals surface area contributed by atoms with E-state index in [1.807, 2.05) is 53.7 Å². The lowest BCUT2D eigenvalue weighted by atomic mass is 10.2. The van der Waals surface area contributed by atoms with Crippen molar-refractivity contribution in [3.05, 3.63) is 36.4 Å². The van der Waals surface area contributed by atoms with Crippen molar-refractivity contribution >= 4 is 20.1 Å². The van der Waals surface area contributed by atoms with Crippen molar-refractivity contribution in [1.82, 2.24) is 0 Å². The van der Waals surface area contributed by atoms with Crippen molar-refractivity contribution in [2.75, 3.05) is 0 Å². The summed E-state index contributed by atoms with van der Waals surface area (Å²) < 4.78 is 26.6. The molecule has 0 aliphatic carbocycles. The molecule has 0 aromatic heterocycles. The Bertz CT molecular complexity index is 474. The first-order chi connectivity index (χ1) is 10.2. The molecule has 0 atom stereocenters. The maximum atomic E-state index is 8.12. The van der Waals surface area contributed by atoms with Crippen LogP contribution in [-0.4, -0.2) is 27.1 Å². The summed E-state index contributed by atoms with van der Waals surface area (Å²) in [5.41, 5.74) is 0.783. The average molecular weight is 310 g/mol. The maximum absolute atomic E-state index is 8.12. The smallest absolute Gasteiger partial charge is 0.367 e. The van der Waals surface area contributed by atoms with Crippen LogP contribution in [0.2, 0.25) is 0 Å². The van der Waals surface area contributed by atoms with E-state index >= 15 is 0 Å². The van der Waals surface area contributed by atoms with Gasteiger partial charge in [0.1, 0.15) is 0 Å². The van der Waals surface area contributed by atoms with Gasteiger partial charge in [-0.1, -0.05) is 36.9 Å². The Balaban J connectivity index is 3.37. The minimum Gasteiger partial charge on any atom is -0.367 e. The first kappa shape index (κ1) is 16.4. The van der Waals surface area contributed by atoms with E-state index in [1.54, 1.807) is 12.1 Å². The van der Waals surface area contributed by atoms with Gasteiger partial charge in [-0.25, -0.2) is 0 Å². The third-order valence-corrected chi connectivity index (χ3v) is 5.95. The Hall–Kier alpha value is -0.943. The van der Waals surface area contributed by atoms with Gasteiger partial charge < -0.3 is 13.3 Å². The second-order valence-corrected chi connectivity index (χ2v) is 8.19. The normalized spacial score (nSPS) is 13.1. The van der Waals surface area contributed by atoms with Gasteiger partial charge in [0.05, 0.1) is 1.37 Å². The summed E-state index contributed by atoms with van der Waals surface area (Å²) in [6, 6.07) is 5.96. The minimum atomic E-state index is -3.08. The Morgan fingerprint density at radius 1 is 0.952 bits per heavy atom. The molecule has 0 saturated carbocycles. The third kappa shape index (κ3) is 5.40. The molecule has 21 heavy (non-hydrogen) atoms. The largest absolute Gasteiger partial charge is 0.537 e. The molecule has 118 valence electrons. The fraction of sp³-hybridized carbons (Fsp3) is 0.529. The van der Waals surface area contributed by atoms with Crippen LogP contribution in [0.25, 0.3) is 6.08 Å². The van der Waals surface area contributed by atoms with Crippen LogP contribution in [0, 0.1) is 0 Å². The van der Waals surface area contributed by atoms with E-state index in [9.17, 15) is 0 Å². The predicted molar refractivity (Wildman–Crippen MR) is 90.6 cm³/mol. The molecule has 4 heteroatoms. The Morgan fingerprint density at radius 2 is 1.43 bits per heavy atom. The predicted octanol–water partition coefficient (Wildman–Crippen LogP) is 3.75. The molecule has 0 aliphatic rings. The van der Waals surface area contributed by atoms with E-state index in [1.165, 1.54) is 0 Å². The molecule has 1 rings (SSSR count). The summed E-state index contributed by atoms with van der Waals surface area (Å²) in [5.74, 6) is 0. The average Bonchev–Trinajstić information content (AvgIpc) is 2.35. The molecular weight excluding hydrogens is 280 g/mol. The molecule has 0 saturated heterocycles. The van der Waals surface area contributed by atoms with E-state index in [2.05, 4.69) is 6.58 Å². The zero-order valence-corrected chi connectivity index (χ0v) is 15.0. The molecular formula is C17H28O3Si. The van der Waals surface area contributed by atoms with Crippen LogP contribution in [0.4, 0.5) is 0 Å². The summed E-state index contributed by atoms with van der Waals surface area (Å²) in [6.45, 7) is 15.5. The van der Waals surface area contributed by atoms with Crippen LogP contribution in [0.1, 0.15) is 48.5 Å². The Labute approximate surface area is 131 Å². The highest BCUT2D eigenvalue weighted by Crippen LogP contribution is 2.18. The summed E-state index contributed by atoms with van der Waals surface area (Å²) in [4.78, 5) is 0. The summed E-state index contributed by atoms with van der Waals surface area (Å²) in [7, 11) is -3.08. The second-order valence-electron chi connectivity index (χ2n) is 5.79. The van der Waals surface area contributed by atoms with E-state index < -0.39 is 8.80 Å². The second kappa shape index (κ2) is 7.89. The molecule has 0 heterocycles. The lowest BCUT2D eigenvalue weighted by Crippen LogP contribution is -2.60. The van der Waals surface area contributed by atoms with E-state index in [-0.39, 0.29) is 18.3 Å². The Kier molecular flexibility index (Phi) is 6.17. The van der Waals surface area contributed by atoms with Crippen molar-refractivity contribution < 1.29 is 14.6 Å². The van der Waals surface area contributed by atoms with Gasteiger partial charge in [0, 0.05) is 23.5 Å². The summed E-state index contributed by atoms with van der Waals surface area (Å²) in [5, 5.41) is 0.819. The molecule has 0 amide bonds. The van der Waals surface area contributed by atoms with Crippen molar-refractivity contribution in [3.8, 4) is 0 Å². The van der Waals surface area contributed by atoms with Gasteiger partial charge in [-0.15, -0.1) is 0 Å². The van der Waals surface area contributed by atoms with Gasteiger partial charge in [-0.2, -0.15) is 0 Å². The lowest BCUT2D eigenvalue weighted by Gasteiger charge is -2.34. The molecule has 0 aliphatic heterocycles. The van der Waals surface area contributed by atoms with Crippen molar-refractivity contribution in [3.63, 3.8) is 0 Å². The van der Waals surface area contributed by atoms with Crippen LogP contribution in [0.15, 0.2) is 30.8 Å². The third-order valence-electron chi connectivity index (χ3n) is 2.58. The molecule has 3 nitrogen and oxygen atoms in total. The van der Waals surface area contributed by atoms with Gasteiger partial charge in [0.15, 0.2) is 0 Å². The summed E-state index contributed by atoms with van der Waals surface area (Å²) >= 11 is 0. The van der Waals surface area contributed by atoms with E-state index in [0.717, 1.165) is 10.8 Å². The highest BCUT2D eigenvalue weighted by Gasteiger charge is 2.46. The van der Waals surface area contributed by atoms with Gasteiger partial charge >= 0.3 is 8.80 Å². The molecule has 1 aromatic rings. The van der Waals surface area contributed by atoms with Crippen molar-refractivity contribution in [2.45, 2.75) is 59.9 Å². The van der Waals surface area contributed by atoms with E-state index in [4.69, 9.17) is 14.6 Å². The molecule has 0 radical (unpaired) electrons. The van der Waals surface area contributed by atoms with Crippen LogP contribution < -0.4 is 5.19 Å². The SMILES string of the molecule is [2H]c1cc([Si](OC(C)C)(OC(C)C)OC(C)C)ccc1C=C. The highest BCUT2D eigenvalue weighted by molar-refractivity contribution is 6.75. The fourth-order valence-corrected chi connectivity index (χ4v) is 4.95. The number of hydrogen-bond acceptors (Lipinski definition) is 3. The first-order valence-corrected chi connectivity index (χ1v) is 9.19. The van der Waals surface area contributed by atoms with Gasteiger partial charge in [0.2, 0.25) is 0 Å². The van der Waals surface area contributed by atoms with E-state index in [0.29, 0.717) is 6.04 Å². The quantitative estimate of drug-likeness (QED) is 0.685. The fourth-order valence-electron chi connectivity index (χ4n) is 1.97. The monoisotopic (exact) mass is 309 g/mol. The molecule has 0 unspecified atom stereocenters. The van der Waals surface area contributed by atoms with Crippen LogP contribution in [-0.2, 0) is 13.3 Å². The van der Waals surface area contributed by atoms with Crippen LogP contribution in [0.3, 0.4) is 0 Å². The maximum Gasteiger partial charge on any atom is 0.537 e. The van der Waals surface area contributed by atoms with Crippen LogP contribution in [0.5, 0.6) is 0 Å². The van der Waals surface area contributed by atoms with Gasteiger partial charge in [-0.3, -0.25) is 0 Å². The topological polar surface area (TPSA) is 27.7 Å². The molecule has 0 fully saturated rings. The summed E-state index contributed by atoms with van der Waals surface area (Å²) in [6.07, 6.45) is 1.58. The Morgan fingerprint density at radius 3 is 1.76 bits per heavy atom. The molecule has 0 bridgehead atoms. The lowest BCUT2D eigenvalue weighted by molar-refractivity contribution is 0.0153. The minimum absolute atomic E-state index is 0.0302. The zero-order valence-electron chi connectivity index (χ0n) is 15.0. The van der Waals surface area contributed by atoms with Gasteiger partial charge in [-0.05, 0) is 47.1 Å². The van der Waals surface area contributed by atoms with Gasteiger partial charge in [0.25, 0.3) is 0 Å². The highest BCUT2D eigenvalue weighted by atomic mass is 28.4. The molecule has 1 aromatic carbocycles. The van der Waals surface area contributed by atoms with Crippen molar-refractivity contribution in [1.29, 1.82) is 0 Å². The number of hydrogen-bond donors (Lipinski definition) is 0. The van der Waals surface area contributed by atoms with Crippen LogP contribution >= 0.6 is 0 Å². The first-order valence-electron chi connectivity index (χ1n) is 7.97. The zero-order chi connectivity index (χ0) is 16.9. The molecule has 0 N–H and O–H groups in total.